The summed E-state index contributed by atoms with van der Waals surface area (Å²) >= 11 is 3.29. The molecule has 1 aromatic rings. The highest BCUT2D eigenvalue weighted by molar-refractivity contribution is 9.10. The third-order valence-corrected chi connectivity index (χ3v) is 3.67. The lowest BCUT2D eigenvalue weighted by Crippen LogP contribution is -2.27. The van der Waals surface area contributed by atoms with Gasteiger partial charge < -0.3 is 10.1 Å². The van der Waals surface area contributed by atoms with E-state index in [2.05, 4.69) is 21.2 Å². The molecule has 0 aromatic heterocycles. The van der Waals surface area contributed by atoms with E-state index in [-0.39, 0.29) is 5.82 Å². The van der Waals surface area contributed by atoms with Crippen LogP contribution in [0.5, 0.6) is 5.75 Å². The molecule has 0 amide bonds. The largest absolute Gasteiger partial charge is 0.496 e. The first-order valence-corrected chi connectivity index (χ1v) is 6.25. The van der Waals surface area contributed by atoms with Gasteiger partial charge in [-0.15, -0.1) is 0 Å². The van der Waals surface area contributed by atoms with Gasteiger partial charge in [-0.1, -0.05) is 0 Å². The fourth-order valence-electron chi connectivity index (χ4n) is 2.15. The van der Waals surface area contributed by atoms with E-state index < -0.39 is 0 Å². The van der Waals surface area contributed by atoms with Crippen LogP contribution in [-0.4, -0.2) is 20.2 Å². The lowest BCUT2D eigenvalue weighted by Gasteiger charge is -2.24. The minimum atomic E-state index is -0.139. The number of nitrogens with one attached hydrogen (secondary N) is 1. The minimum Gasteiger partial charge on any atom is -0.496 e. The molecule has 1 saturated heterocycles. The molecule has 2 rings (SSSR count). The van der Waals surface area contributed by atoms with E-state index >= 15 is 0 Å². The quantitative estimate of drug-likeness (QED) is 0.903. The lowest BCUT2D eigenvalue weighted by atomic mass is 9.90. The summed E-state index contributed by atoms with van der Waals surface area (Å²) in [5.41, 5.74) is 0.779. The van der Waals surface area contributed by atoms with Crippen LogP contribution in [0.15, 0.2) is 16.6 Å². The summed E-state index contributed by atoms with van der Waals surface area (Å²) in [5.74, 6) is 0.873. The molecule has 0 unspecified atom stereocenters. The number of benzene rings is 1. The molecule has 1 aromatic carbocycles. The molecule has 0 atom stereocenters. The van der Waals surface area contributed by atoms with E-state index in [1.54, 1.807) is 7.11 Å². The Balaban J connectivity index is 2.31. The summed E-state index contributed by atoms with van der Waals surface area (Å²) in [5, 5.41) is 3.28. The van der Waals surface area contributed by atoms with Crippen molar-refractivity contribution in [3.63, 3.8) is 0 Å². The van der Waals surface area contributed by atoms with Crippen LogP contribution in [0.4, 0.5) is 4.39 Å². The summed E-state index contributed by atoms with van der Waals surface area (Å²) in [6, 6.07) is 3.31. The van der Waals surface area contributed by atoms with Gasteiger partial charge in [0.05, 0.1) is 11.6 Å². The molecule has 1 heterocycles. The van der Waals surface area contributed by atoms with Gasteiger partial charge in [0.15, 0.2) is 0 Å². The van der Waals surface area contributed by atoms with Crippen molar-refractivity contribution in [2.75, 3.05) is 20.2 Å². The maximum atomic E-state index is 13.8. The molecule has 88 valence electrons. The summed E-state index contributed by atoms with van der Waals surface area (Å²) in [6.07, 6.45) is 1.98. The molecule has 0 aliphatic carbocycles. The van der Waals surface area contributed by atoms with Crippen molar-refractivity contribution in [3.8, 4) is 5.75 Å². The molecule has 1 aliphatic rings. The predicted octanol–water partition coefficient (Wildman–Crippen LogP) is 3.06. The summed E-state index contributed by atoms with van der Waals surface area (Å²) in [7, 11) is 1.60. The topological polar surface area (TPSA) is 21.3 Å². The van der Waals surface area contributed by atoms with E-state index in [1.807, 2.05) is 6.07 Å². The third kappa shape index (κ3) is 2.38. The summed E-state index contributed by atoms with van der Waals surface area (Å²) in [6.45, 7) is 1.92. The zero-order valence-electron chi connectivity index (χ0n) is 9.22. The van der Waals surface area contributed by atoms with Gasteiger partial charge in [-0.05, 0) is 65.5 Å². The first-order valence-electron chi connectivity index (χ1n) is 5.46. The van der Waals surface area contributed by atoms with Crippen molar-refractivity contribution in [2.24, 2.45) is 0 Å². The third-order valence-electron chi connectivity index (χ3n) is 3.05. The molecule has 0 bridgehead atoms. The van der Waals surface area contributed by atoms with Crippen molar-refractivity contribution in [1.29, 1.82) is 0 Å². The van der Waals surface area contributed by atoms with Crippen LogP contribution in [0, 0.1) is 5.82 Å². The number of piperidine rings is 1. The number of methoxy groups -OCH3 is 1. The van der Waals surface area contributed by atoms with E-state index in [4.69, 9.17) is 4.74 Å². The van der Waals surface area contributed by atoms with E-state index in [9.17, 15) is 4.39 Å². The SMILES string of the molecule is COc1cc(C2CCNCC2)c(F)cc1Br. The first kappa shape index (κ1) is 11.9. The van der Waals surface area contributed by atoms with Crippen LogP contribution in [0.2, 0.25) is 0 Å². The van der Waals surface area contributed by atoms with Gasteiger partial charge >= 0.3 is 0 Å². The molecule has 2 nitrogen and oxygen atoms in total. The van der Waals surface area contributed by atoms with Gasteiger partial charge in [0.2, 0.25) is 0 Å². The van der Waals surface area contributed by atoms with Crippen LogP contribution in [0.3, 0.4) is 0 Å². The highest BCUT2D eigenvalue weighted by Gasteiger charge is 2.20. The maximum Gasteiger partial charge on any atom is 0.133 e. The van der Waals surface area contributed by atoms with E-state index in [1.165, 1.54) is 6.07 Å². The van der Waals surface area contributed by atoms with Gasteiger partial charge in [0.25, 0.3) is 0 Å². The van der Waals surface area contributed by atoms with Crippen LogP contribution in [-0.2, 0) is 0 Å². The Bertz CT molecular complexity index is 378. The molecular formula is C12H15BrFNO. The summed E-state index contributed by atoms with van der Waals surface area (Å²) < 4.78 is 19.7. The van der Waals surface area contributed by atoms with Crippen LogP contribution >= 0.6 is 15.9 Å². The van der Waals surface area contributed by atoms with Crippen LogP contribution < -0.4 is 10.1 Å². The van der Waals surface area contributed by atoms with E-state index in [0.717, 1.165) is 31.5 Å². The molecule has 1 N–H and O–H groups in total. The second-order valence-corrected chi connectivity index (χ2v) is 4.89. The van der Waals surface area contributed by atoms with Gasteiger partial charge in [-0.25, -0.2) is 4.39 Å². The number of hydrogen-bond acceptors (Lipinski definition) is 2. The Hall–Kier alpha value is -0.610. The average Bonchev–Trinajstić information content (AvgIpc) is 2.30. The van der Waals surface area contributed by atoms with Gasteiger partial charge in [0, 0.05) is 0 Å². The lowest BCUT2D eigenvalue weighted by molar-refractivity contribution is 0.404. The van der Waals surface area contributed by atoms with Gasteiger partial charge in [-0.3, -0.25) is 0 Å². The molecule has 0 spiro atoms. The fourth-order valence-corrected chi connectivity index (χ4v) is 2.62. The first-order chi connectivity index (χ1) is 7.72. The smallest absolute Gasteiger partial charge is 0.133 e. The van der Waals surface area contributed by atoms with Crippen molar-refractivity contribution < 1.29 is 9.13 Å². The molecule has 16 heavy (non-hydrogen) atoms. The second kappa shape index (κ2) is 5.15. The minimum absolute atomic E-state index is 0.139. The number of ether oxygens (including phenoxy) is 1. The molecule has 1 fully saturated rings. The Morgan fingerprint density at radius 1 is 1.38 bits per heavy atom. The Kier molecular flexibility index (Phi) is 3.82. The monoisotopic (exact) mass is 287 g/mol. The normalized spacial score (nSPS) is 17.4. The van der Waals surface area contributed by atoms with Gasteiger partial charge in [0.1, 0.15) is 11.6 Å². The Morgan fingerprint density at radius 2 is 2.06 bits per heavy atom. The maximum absolute atomic E-state index is 13.8. The average molecular weight is 288 g/mol. The van der Waals surface area contributed by atoms with Crippen molar-refractivity contribution in [2.45, 2.75) is 18.8 Å². The van der Waals surface area contributed by atoms with Crippen molar-refractivity contribution >= 4 is 15.9 Å². The van der Waals surface area contributed by atoms with E-state index in [0.29, 0.717) is 16.1 Å². The number of hydrogen-bond donors (Lipinski definition) is 1. The fraction of sp³-hybridized carbons (Fsp3) is 0.500. The Labute approximate surface area is 103 Å². The Morgan fingerprint density at radius 3 is 2.69 bits per heavy atom. The number of halogens is 2. The molecular weight excluding hydrogens is 273 g/mol. The van der Waals surface area contributed by atoms with Gasteiger partial charge in [-0.2, -0.15) is 0 Å². The predicted molar refractivity (Wildman–Crippen MR) is 65.5 cm³/mol. The number of rotatable bonds is 2. The van der Waals surface area contributed by atoms with Crippen molar-refractivity contribution in [3.05, 3.63) is 28.0 Å². The highest BCUT2D eigenvalue weighted by Crippen LogP contribution is 2.34. The second-order valence-electron chi connectivity index (χ2n) is 4.03. The highest BCUT2D eigenvalue weighted by atomic mass is 79.9. The van der Waals surface area contributed by atoms with Crippen LogP contribution in [0.1, 0.15) is 24.3 Å². The molecule has 0 radical (unpaired) electrons. The van der Waals surface area contributed by atoms with Crippen LogP contribution in [0.25, 0.3) is 0 Å². The summed E-state index contributed by atoms with van der Waals surface area (Å²) in [4.78, 5) is 0. The zero-order valence-corrected chi connectivity index (χ0v) is 10.8. The zero-order chi connectivity index (χ0) is 11.5. The molecule has 0 saturated carbocycles. The molecule has 1 aliphatic heterocycles. The molecule has 4 heteroatoms. The standard InChI is InChI=1S/C12H15BrFNO/c1-16-12-6-9(11(14)7-10(12)13)8-2-4-15-5-3-8/h6-8,15H,2-5H2,1H3. The van der Waals surface area contributed by atoms with Crippen molar-refractivity contribution in [1.82, 2.24) is 5.32 Å².